The summed E-state index contributed by atoms with van der Waals surface area (Å²) in [5, 5.41) is 3.05. The van der Waals surface area contributed by atoms with Crippen LogP contribution in [0.3, 0.4) is 0 Å². The van der Waals surface area contributed by atoms with Crippen LogP contribution in [0.1, 0.15) is 36.8 Å². The van der Waals surface area contributed by atoms with E-state index < -0.39 is 0 Å². The lowest BCUT2D eigenvalue weighted by Gasteiger charge is -2.23. The Morgan fingerprint density at radius 1 is 0.971 bits per heavy atom. The summed E-state index contributed by atoms with van der Waals surface area (Å²) in [6.45, 7) is 7.03. The van der Waals surface area contributed by atoms with Crippen molar-refractivity contribution in [3.63, 3.8) is 0 Å². The summed E-state index contributed by atoms with van der Waals surface area (Å²) in [7, 11) is 4.14. The molecule has 2 heterocycles. The van der Waals surface area contributed by atoms with Crippen LogP contribution >= 0.6 is 0 Å². The van der Waals surface area contributed by atoms with E-state index in [0.29, 0.717) is 0 Å². The molecule has 4 rings (SSSR count). The lowest BCUT2D eigenvalue weighted by Crippen LogP contribution is -2.31. The van der Waals surface area contributed by atoms with Gasteiger partial charge in [0, 0.05) is 52.5 Å². The Labute approximate surface area is 209 Å². The zero-order valence-corrected chi connectivity index (χ0v) is 21.2. The minimum Gasteiger partial charge on any atom is -0.378 e. The molecule has 1 aromatic heterocycles. The third kappa shape index (κ3) is 6.61. The molecular formula is C29H37N5O. The van der Waals surface area contributed by atoms with Crippen LogP contribution in [-0.4, -0.2) is 56.1 Å². The van der Waals surface area contributed by atoms with E-state index in [2.05, 4.69) is 63.4 Å². The SMILES string of the molecule is CCC(C(=O)Nc1ccc(N2CCCN(Cc3ccc(N(C)C)cc3)CC2)nc1)c1ccccc1. The predicted octanol–water partition coefficient (Wildman–Crippen LogP) is 4.99. The number of anilines is 3. The monoisotopic (exact) mass is 471 g/mol. The minimum atomic E-state index is -0.161. The quantitative estimate of drug-likeness (QED) is 0.502. The Bertz CT molecular complexity index is 1070. The highest BCUT2D eigenvalue weighted by Gasteiger charge is 2.19. The number of carbonyl (C=O) groups excluding carboxylic acids is 1. The summed E-state index contributed by atoms with van der Waals surface area (Å²) in [4.78, 5) is 24.5. The van der Waals surface area contributed by atoms with E-state index in [9.17, 15) is 4.79 Å². The van der Waals surface area contributed by atoms with E-state index in [1.54, 1.807) is 6.20 Å². The van der Waals surface area contributed by atoms with Gasteiger partial charge in [-0.15, -0.1) is 0 Å². The van der Waals surface area contributed by atoms with Gasteiger partial charge >= 0.3 is 0 Å². The lowest BCUT2D eigenvalue weighted by atomic mass is 9.95. The van der Waals surface area contributed by atoms with Gasteiger partial charge in [0.05, 0.1) is 17.8 Å². The zero-order valence-electron chi connectivity index (χ0n) is 21.2. The first-order chi connectivity index (χ1) is 17.0. The number of nitrogens with one attached hydrogen (secondary N) is 1. The maximum atomic E-state index is 12.9. The van der Waals surface area contributed by atoms with Crippen molar-refractivity contribution in [1.82, 2.24) is 9.88 Å². The highest BCUT2D eigenvalue weighted by atomic mass is 16.1. The average Bonchev–Trinajstić information content (AvgIpc) is 3.11. The Hall–Kier alpha value is -3.38. The molecule has 6 nitrogen and oxygen atoms in total. The van der Waals surface area contributed by atoms with Crippen LogP contribution in [0.4, 0.5) is 17.2 Å². The summed E-state index contributed by atoms with van der Waals surface area (Å²) >= 11 is 0. The Kier molecular flexibility index (Phi) is 8.37. The van der Waals surface area contributed by atoms with Gasteiger partial charge in [-0.3, -0.25) is 9.69 Å². The van der Waals surface area contributed by atoms with Crippen molar-refractivity contribution in [1.29, 1.82) is 0 Å². The van der Waals surface area contributed by atoms with Crippen molar-refractivity contribution in [3.05, 3.63) is 84.1 Å². The molecule has 0 bridgehead atoms. The molecule has 0 aliphatic carbocycles. The molecule has 1 N–H and O–H groups in total. The van der Waals surface area contributed by atoms with Crippen LogP contribution in [0.15, 0.2) is 72.9 Å². The van der Waals surface area contributed by atoms with Crippen LogP contribution < -0.4 is 15.1 Å². The fourth-order valence-corrected chi connectivity index (χ4v) is 4.65. The molecule has 6 heteroatoms. The smallest absolute Gasteiger partial charge is 0.231 e. The fraction of sp³-hybridized carbons (Fsp3) is 0.379. The van der Waals surface area contributed by atoms with Crippen molar-refractivity contribution in [3.8, 4) is 0 Å². The Morgan fingerprint density at radius 2 is 1.74 bits per heavy atom. The molecule has 1 aliphatic heterocycles. The number of hydrogen-bond donors (Lipinski definition) is 1. The largest absolute Gasteiger partial charge is 0.378 e. The van der Waals surface area contributed by atoms with E-state index in [1.165, 1.54) is 11.3 Å². The Balaban J connectivity index is 1.31. The first-order valence-corrected chi connectivity index (χ1v) is 12.6. The van der Waals surface area contributed by atoms with E-state index in [-0.39, 0.29) is 11.8 Å². The summed E-state index contributed by atoms with van der Waals surface area (Å²) < 4.78 is 0. The Morgan fingerprint density at radius 3 is 2.40 bits per heavy atom. The molecule has 1 aliphatic rings. The van der Waals surface area contributed by atoms with Gasteiger partial charge in [-0.1, -0.05) is 49.4 Å². The van der Waals surface area contributed by atoms with Gasteiger partial charge in [0.1, 0.15) is 5.82 Å². The number of nitrogens with zero attached hydrogens (tertiary/aromatic N) is 4. The minimum absolute atomic E-state index is 0.0114. The van der Waals surface area contributed by atoms with Gasteiger partial charge in [0.15, 0.2) is 0 Å². The molecule has 2 aromatic carbocycles. The van der Waals surface area contributed by atoms with Gasteiger partial charge in [0.25, 0.3) is 0 Å². The van der Waals surface area contributed by atoms with E-state index in [4.69, 9.17) is 0 Å². The standard InChI is InChI=1S/C29H37N5O/c1-4-27(24-9-6-5-7-10-24)29(35)31-25-13-16-28(30-21-25)34-18-8-17-33(19-20-34)22-23-11-14-26(15-12-23)32(2)3/h5-7,9-16,21,27H,4,8,17-20,22H2,1-3H3,(H,31,35). The average molecular weight is 472 g/mol. The van der Waals surface area contributed by atoms with Crippen LogP contribution in [0.25, 0.3) is 0 Å². The number of amides is 1. The number of aromatic nitrogens is 1. The maximum absolute atomic E-state index is 12.9. The molecule has 184 valence electrons. The second-order valence-electron chi connectivity index (χ2n) is 9.44. The van der Waals surface area contributed by atoms with Crippen molar-refractivity contribution in [2.45, 2.75) is 32.2 Å². The van der Waals surface area contributed by atoms with Gasteiger partial charge in [0.2, 0.25) is 5.91 Å². The number of pyridine rings is 1. The molecule has 1 unspecified atom stereocenters. The summed E-state index contributed by atoms with van der Waals surface area (Å²) in [6, 6.07) is 22.8. The molecule has 1 fully saturated rings. The van der Waals surface area contributed by atoms with Gasteiger partial charge in [-0.05, 0) is 48.2 Å². The molecule has 3 aromatic rings. The summed E-state index contributed by atoms with van der Waals surface area (Å²) in [5.74, 6) is 0.819. The van der Waals surface area contributed by atoms with Crippen LogP contribution in [0.2, 0.25) is 0 Å². The first kappa shape index (κ1) is 24.7. The molecule has 0 radical (unpaired) electrons. The summed E-state index contributed by atoms with van der Waals surface area (Å²) in [5.41, 5.74) is 4.36. The van der Waals surface area contributed by atoms with Gasteiger partial charge < -0.3 is 15.1 Å². The molecular weight excluding hydrogens is 434 g/mol. The third-order valence-corrected chi connectivity index (χ3v) is 6.71. The molecule has 0 saturated carbocycles. The van der Waals surface area contributed by atoms with Crippen molar-refractivity contribution >= 4 is 23.1 Å². The molecule has 1 atom stereocenters. The van der Waals surface area contributed by atoms with Crippen LogP contribution in [0.5, 0.6) is 0 Å². The topological polar surface area (TPSA) is 51.7 Å². The highest BCUT2D eigenvalue weighted by Crippen LogP contribution is 2.23. The van der Waals surface area contributed by atoms with E-state index >= 15 is 0 Å². The van der Waals surface area contributed by atoms with E-state index in [1.807, 2.05) is 49.4 Å². The lowest BCUT2D eigenvalue weighted by molar-refractivity contribution is -0.117. The second kappa shape index (κ2) is 11.8. The maximum Gasteiger partial charge on any atom is 0.231 e. The molecule has 35 heavy (non-hydrogen) atoms. The fourth-order valence-electron chi connectivity index (χ4n) is 4.65. The van der Waals surface area contributed by atoms with Crippen molar-refractivity contribution < 1.29 is 4.79 Å². The van der Waals surface area contributed by atoms with Crippen molar-refractivity contribution in [2.75, 3.05) is 55.4 Å². The van der Waals surface area contributed by atoms with E-state index in [0.717, 1.165) is 62.6 Å². The highest BCUT2D eigenvalue weighted by molar-refractivity contribution is 5.95. The molecule has 1 saturated heterocycles. The van der Waals surface area contributed by atoms with Gasteiger partial charge in [-0.2, -0.15) is 0 Å². The molecule has 0 spiro atoms. The number of hydrogen-bond acceptors (Lipinski definition) is 5. The predicted molar refractivity (Wildman–Crippen MR) is 145 cm³/mol. The summed E-state index contributed by atoms with van der Waals surface area (Å²) in [6.07, 6.45) is 3.64. The van der Waals surface area contributed by atoms with Gasteiger partial charge in [-0.25, -0.2) is 4.98 Å². The second-order valence-corrected chi connectivity index (χ2v) is 9.44. The molecule has 1 amide bonds. The number of benzene rings is 2. The first-order valence-electron chi connectivity index (χ1n) is 12.6. The van der Waals surface area contributed by atoms with Crippen LogP contribution in [-0.2, 0) is 11.3 Å². The van der Waals surface area contributed by atoms with Crippen molar-refractivity contribution in [2.24, 2.45) is 0 Å². The number of carbonyl (C=O) groups is 1. The normalized spacial score (nSPS) is 15.3. The number of rotatable bonds is 8. The van der Waals surface area contributed by atoms with Crippen LogP contribution in [0, 0.1) is 0 Å². The third-order valence-electron chi connectivity index (χ3n) is 6.71. The zero-order chi connectivity index (χ0) is 24.6.